The average Bonchev–Trinajstić information content (AvgIpc) is 2.96. The molecule has 2 atom stereocenters. The van der Waals surface area contributed by atoms with E-state index in [-0.39, 0.29) is 18.8 Å². The van der Waals surface area contributed by atoms with Crippen LogP contribution >= 0.6 is 0 Å². The number of ether oxygens (including phenoxy) is 5. The number of carbonyl (C=O) groups is 1. The van der Waals surface area contributed by atoms with Crippen LogP contribution in [0.15, 0.2) is 91.0 Å². The lowest BCUT2D eigenvalue weighted by Crippen LogP contribution is -2.34. The number of benzene rings is 4. The van der Waals surface area contributed by atoms with E-state index in [2.05, 4.69) is 0 Å². The Kier molecular flexibility index (Phi) is 7.47. The van der Waals surface area contributed by atoms with Crippen molar-refractivity contribution in [1.82, 2.24) is 0 Å². The number of hydrogen-bond acceptors (Lipinski definition) is 7. The van der Waals surface area contributed by atoms with E-state index in [1.165, 1.54) is 0 Å². The Morgan fingerprint density at radius 1 is 0.737 bits per heavy atom. The zero-order chi connectivity index (χ0) is 26.5. The monoisotopic (exact) mass is 512 g/mol. The second-order valence-corrected chi connectivity index (χ2v) is 8.78. The van der Waals surface area contributed by atoms with Gasteiger partial charge in [0.15, 0.2) is 0 Å². The number of methoxy groups -OCH3 is 2. The van der Waals surface area contributed by atoms with Crippen molar-refractivity contribution in [2.45, 2.75) is 25.4 Å². The summed E-state index contributed by atoms with van der Waals surface area (Å²) in [6.45, 7) is 0.519. The molecule has 0 fully saturated rings. The lowest BCUT2D eigenvalue weighted by Gasteiger charge is -2.33. The Labute approximate surface area is 221 Å². The topological polar surface area (TPSA) is 83.5 Å². The van der Waals surface area contributed by atoms with Gasteiger partial charge in [0.25, 0.3) is 0 Å². The van der Waals surface area contributed by atoms with E-state index in [9.17, 15) is 9.90 Å². The van der Waals surface area contributed by atoms with Crippen molar-refractivity contribution in [2.24, 2.45) is 0 Å². The quantitative estimate of drug-likeness (QED) is 0.297. The molecule has 0 aliphatic carbocycles. The Morgan fingerprint density at radius 3 is 1.92 bits per heavy atom. The van der Waals surface area contributed by atoms with Crippen LogP contribution < -0.4 is 18.9 Å². The van der Waals surface area contributed by atoms with Crippen molar-refractivity contribution in [1.29, 1.82) is 0 Å². The smallest absolute Gasteiger partial charge is 0.344 e. The number of aliphatic hydroxyl groups is 1. The van der Waals surface area contributed by atoms with E-state index in [1.807, 2.05) is 60.7 Å². The molecule has 0 spiro atoms. The number of hydrogen-bond donors (Lipinski definition) is 1. The molecule has 4 aromatic rings. The largest absolute Gasteiger partial charge is 0.497 e. The highest BCUT2D eigenvalue weighted by molar-refractivity contribution is 5.97. The molecule has 0 amide bonds. The summed E-state index contributed by atoms with van der Waals surface area (Å²) in [5.41, 5.74) is 3.15. The van der Waals surface area contributed by atoms with Gasteiger partial charge >= 0.3 is 5.97 Å². The van der Waals surface area contributed by atoms with Gasteiger partial charge in [-0.1, -0.05) is 60.7 Å². The maximum atomic E-state index is 13.2. The number of carbonyl (C=O) groups excluding carboxylic acids is 1. The van der Waals surface area contributed by atoms with E-state index < -0.39 is 18.2 Å². The molecular weight excluding hydrogens is 484 g/mol. The zero-order valence-electron chi connectivity index (χ0n) is 21.1. The predicted molar refractivity (Wildman–Crippen MR) is 141 cm³/mol. The first-order valence-electron chi connectivity index (χ1n) is 12.2. The standard InChI is InChI=1S/C31H28O7/c1-34-22-13-14-24(35-2)23(17-22)27-28-25(36-18-20-9-5-3-6-10-20)15-16-26(29(28)31(33)38-30(27)32)37-19-21-11-7-4-8-12-21/h3-17,27,30,32H,18-19H2,1-2H3. The van der Waals surface area contributed by atoms with E-state index >= 15 is 0 Å². The summed E-state index contributed by atoms with van der Waals surface area (Å²) in [7, 11) is 3.10. The molecule has 7 nitrogen and oxygen atoms in total. The van der Waals surface area contributed by atoms with E-state index in [1.54, 1.807) is 44.6 Å². The maximum Gasteiger partial charge on any atom is 0.344 e. The fraction of sp³-hybridized carbons (Fsp3) is 0.194. The van der Waals surface area contributed by atoms with Crippen molar-refractivity contribution in [3.8, 4) is 23.0 Å². The average molecular weight is 513 g/mol. The van der Waals surface area contributed by atoms with Gasteiger partial charge in [0.1, 0.15) is 41.8 Å². The Hall–Kier alpha value is -4.49. The second-order valence-electron chi connectivity index (χ2n) is 8.78. The van der Waals surface area contributed by atoms with Crippen LogP contribution in [0.4, 0.5) is 0 Å². The van der Waals surface area contributed by atoms with Gasteiger partial charge in [0, 0.05) is 11.1 Å². The first-order valence-corrected chi connectivity index (χ1v) is 12.2. The van der Waals surface area contributed by atoms with Crippen molar-refractivity contribution in [3.63, 3.8) is 0 Å². The predicted octanol–water partition coefficient (Wildman–Crippen LogP) is 5.48. The molecule has 0 saturated heterocycles. The number of esters is 1. The number of fused-ring (bicyclic) bond motifs is 1. The molecule has 7 heteroatoms. The lowest BCUT2D eigenvalue weighted by molar-refractivity contribution is -0.0799. The molecule has 4 aromatic carbocycles. The summed E-state index contributed by atoms with van der Waals surface area (Å²) in [5, 5.41) is 11.1. The third kappa shape index (κ3) is 5.14. The highest BCUT2D eigenvalue weighted by atomic mass is 16.6. The molecule has 0 radical (unpaired) electrons. The van der Waals surface area contributed by atoms with Crippen molar-refractivity contribution < 1.29 is 33.6 Å². The van der Waals surface area contributed by atoms with Crippen LogP contribution in [-0.4, -0.2) is 31.6 Å². The van der Waals surface area contributed by atoms with Gasteiger partial charge in [0.2, 0.25) is 6.29 Å². The summed E-state index contributed by atoms with van der Waals surface area (Å²) in [4.78, 5) is 13.2. The Bertz CT molecular complexity index is 1400. The molecule has 0 aromatic heterocycles. The number of cyclic esters (lactones) is 1. The number of rotatable bonds is 9. The van der Waals surface area contributed by atoms with Crippen LogP contribution in [0.2, 0.25) is 0 Å². The summed E-state index contributed by atoms with van der Waals surface area (Å²) in [6, 6.07) is 28.1. The molecule has 194 valence electrons. The fourth-order valence-electron chi connectivity index (χ4n) is 4.59. The van der Waals surface area contributed by atoms with Gasteiger partial charge in [-0.05, 0) is 41.5 Å². The molecular formula is C31H28O7. The van der Waals surface area contributed by atoms with Crippen LogP contribution in [-0.2, 0) is 18.0 Å². The molecule has 1 heterocycles. The zero-order valence-corrected chi connectivity index (χ0v) is 21.1. The molecule has 2 unspecified atom stereocenters. The van der Waals surface area contributed by atoms with Gasteiger partial charge in [-0.2, -0.15) is 0 Å². The van der Waals surface area contributed by atoms with E-state index in [0.29, 0.717) is 34.1 Å². The van der Waals surface area contributed by atoms with Gasteiger partial charge in [0.05, 0.1) is 20.1 Å². The third-order valence-electron chi connectivity index (χ3n) is 6.44. The van der Waals surface area contributed by atoms with Gasteiger partial charge in [-0.25, -0.2) is 4.79 Å². The van der Waals surface area contributed by atoms with Gasteiger partial charge in [-0.3, -0.25) is 0 Å². The number of aliphatic hydroxyl groups excluding tert-OH is 1. The molecule has 1 aliphatic heterocycles. The third-order valence-corrected chi connectivity index (χ3v) is 6.44. The molecule has 0 bridgehead atoms. The molecule has 38 heavy (non-hydrogen) atoms. The van der Waals surface area contributed by atoms with Gasteiger partial charge < -0.3 is 28.8 Å². The van der Waals surface area contributed by atoms with Crippen molar-refractivity contribution in [3.05, 3.63) is 119 Å². The minimum Gasteiger partial charge on any atom is -0.497 e. The fourth-order valence-corrected chi connectivity index (χ4v) is 4.59. The molecule has 1 aliphatic rings. The van der Waals surface area contributed by atoms with Crippen LogP contribution in [0, 0.1) is 0 Å². The summed E-state index contributed by atoms with van der Waals surface area (Å²) in [6.07, 6.45) is -1.49. The van der Waals surface area contributed by atoms with Crippen LogP contribution in [0.5, 0.6) is 23.0 Å². The normalized spacial score (nSPS) is 16.2. The van der Waals surface area contributed by atoms with Gasteiger partial charge in [-0.15, -0.1) is 0 Å². The first kappa shape index (κ1) is 25.2. The summed E-state index contributed by atoms with van der Waals surface area (Å²) >= 11 is 0. The highest BCUT2D eigenvalue weighted by Crippen LogP contribution is 2.47. The first-order chi connectivity index (χ1) is 18.6. The van der Waals surface area contributed by atoms with Crippen LogP contribution in [0.1, 0.15) is 38.5 Å². The van der Waals surface area contributed by atoms with E-state index in [0.717, 1.165) is 11.1 Å². The van der Waals surface area contributed by atoms with Crippen molar-refractivity contribution in [2.75, 3.05) is 14.2 Å². The lowest BCUT2D eigenvalue weighted by atomic mass is 9.84. The molecule has 1 N–H and O–H groups in total. The van der Waals surface area contributed by atoms with Crippen LogP contribution in [0.3, 0.4) is 0 Å². The summed E-state index contributed by atoms with van der Waals surface area (Å²) in [5.74, 6) is 0.317. The van der Waals surface area contributed by atoms with Crippen LogP contribution in [0.25, 0.3) is 0 Å². The second kappa shape index (κ2) is 11.3. The Balaban J connectivity index is 1.63. The SMILES string of the molecule is COc1ccc(OC)c(C2c3c(OCc4ccccc4)ccc(OCc4ccccc4)c3C(=O)OC2O)c1. The molecule has 0 saturated carbocycles. The minimum atomic E-state index is -1.49. The van der Waals surface area contributed by atoms with E-state index in [4.69, 9.17) is 23.7 Å². The maximum absolute atomic E-state index is 13.2. The highest BCUT2D eigenvalue weighted by Gasteiger charge is 2.42. The minimum absolute atomic E-state index is 0.201. The summed E-state index contributed by atoms with van der Waals surface area (Å²) < 4.78 is 28.8. The molecule has 5 rings (SSSR count). The van der Waals surface area contributed by atoms with Crippen molar-refractivity contribution >= 4 is 5.97 Å². The Morgan fingerprint density at radius 2 is 1.32 bits per heavy atom.